The number of hydrogen-bond acceptors (Lipinski definition) is 5. The predicted molar refractivity (Wildman–Crippen MR) is 61.5 cm³/mol. The van der Waals surface area contributed by atoms with Gasteiger partial charge in [0.25, 0.3) is 0 Å². The van der Waals surface area contributed by atoms with E-state index < -0.39 is 17.9 Å². The number of ether oxygens (including phenoxy) is 2. The van der Waals surface area contributed by atoms with E-state index in [0.717, 1.165) is 0 Å². The molecule has 0 bridgehead atoms. The molecule has 1 atom stereocenters. The van der Waals surface area contributed by atoms with E-state index in [9.17, 15) is 9.90 Å². The van der Waals surface area contributed by atoms with E-state index in [4.69, 9.17) is 9.47 Å². The minimum Gasteiger partial charge on any atom is -0.495 e. The molecule has 1 aliphatic heterocycles. The summed E-state index contributed by atoms with van der Waals surface area (Å²) in [5, 5.41) is 10.9. The van der Waals surface area contributed by atoms with Crippen LogP contribution in [0.25, 0.3) is 0 Å². The van der Waals surface area contributed by atoms with Crippen LogP contribution in [0.1, 0.15) is 34.1 Å². The van der Waals surface area contributed by atoms with Crippen LogP contribution >= 0.6 is 0 Å². The van der Waals surface area contributed by atoms with Gasteiger partial charge in [-0.1, -0.05) is 6.92 Å². The smallest absolute Gasteiger partial charge is 0.429 e. The Morgan fingerprint density at radius 2 is 2.12 bits per heavy atom. The molecule has 17 heavy (non-hydrogen) atoms. The highest BCUT2D eigenvalue weighted by molar-refractivity contribution is 5.70. The molecule has 1 aliphatic rings. The molecule has 0 radical (unpaired) electrons. The average molecular weight is 244 g/mol. The van der Waals surface area contributed by atoms with Gasteiger partial charge in [0.1, 0.15) is 5.60 Å². The van der Waals surface area contributed by atoms with E-state index in [2.05, 4.69) is 5.43 Å². The summed E-state index contributed by atoms with van der Waals surface area (Å²) in [6, 6.07) is 0. The Morgan fingerprint density at radius 3 is 2.53 bits per heavy atom. The van der Waals surface area contributed by atoms with Crippen molar-refractivity contribution in [1.29, 1.82) is 0 Å². The number of hydrazine groups is 1. The lowest BCUT2D eigenvalue weighted by atomic mass is 10.2. The van der Waals surface area contributed by atoms with Crippen LogP contribution < -0.4 is 5.43 Å². The van der Waals surface area contributed by atoms with Crippen LogP contribution in [0.3, 0.4) is 0 Å². The van der Waals surface area contributed by atoms with Gasteiger partial charge in [0.2, 0.25) is 0 Å². The van der Waals surface area contributed by atoms with Crippen LogP contribution in [0.2, 0.25) is 0 Å². The molecule has 1 rings (SSSR count). The van der Waals surface area contributed by atoms with E-state index in [1.807, 2.05) is 6.92 Å². The van der Waals surface area contributed by atoms with Gasteiger partial charge in [-0.15, -0.1) is 0 Å². The zero-order chi connectivity index (χ0) is 13.2. The molecule has 1 amide bonds. The Bertz CT molecular complexity index is 333. The summed E-state index contributed by atoms with van der Waals surface area (Å²) in [6.45, 7) is 7.21. The Morgan fingerprint density at radius 1 is 1.53 bits per heavy atom. The first-order chi connectivity index (χ1) is 7.80. The Labute approximate surface area is 101 Å². The number of carbonyl (C=O) groups excluding carboxylic acids is 1. The molecule has 0 saturated heterocycles. The van der Waals surface area contributed by atoms with E-state index >= 15 is 0 Å². The maximum atomic E-state index is 11.9. The molecule has 0 aromatic carbocycles. The highest BCUT2D eigenvalue weighted by Gasteiger charge is 2.36. The van der Waals surface area contributed by atoms with Gasteiger partial charge in [-0.25, -0.2) is 9.80 Å². The van der Waals surface area contributed by atoms with Gasteiger partial charge >= 0.3 is 6.09 Å². The maximum absolute atomic E-state index is 11.9. The number of carbonyl (C=O) groups is 1. The number of nitrogens with zero attached hydrogens (tertiary/aromatic N) is 1. The van der Waals surface area contributed by atoms with Crippen LogP contribution in [0, 0.1) is 0 Å². The standard InChI is InChI=1S/C11H20N2O4/c1-6-7-8(16-5)9(14)12-13(7)10(15)17-11(2,3)4/h9,12,14H,6H2,1-5H3. The normalized spacial score (nSPS) is 20.8. The molecular weight excluding hydrogens is 224 g/mol. The minimum absolute atomic E-state index is 0.346. The van der Waals surface area contributed by atoms with E-state index in [0.29, 0.717) is 17.9 Å². The quantitative estimate of drug-likeness (QED) is 0.766. The van der Waals surface area contributed by atoms with Crippen molar-refractivity contribution in [3.8, 4) is 0 Å². The van der Waals surface area contributed by atoms with Gasteiger partial charge in [-0.05, 0) is 27.2 Å². The van der Waals surface area contributed by atoms with Crippen molar-refractivity contribution >= 4 is 6.09 Å². The van der Waals surface area contributed by atoms with Crippen molar-refractivity contribution in [2.45, 2.75) is 45.9 Å². The molecule has 1 heterocycles. The molecule has 6 nitrogen and oxygen atoms in total. The van der Waals surface area contributed by atoms with Gasteiger partial charge in [0.15, 0.2) is 12.0 Å². The van der Waals surface area contributed by atoms with Gasteiger partial charge in [0, 0.05) is 0 Å². The first-order valence-electron chi connectivity index (χ1n) is 5.54. The third-order valence-corrected chi connectivity index (χ3v) is 2.18. The lowest BCUT2D eigenvalue weighted by Gasteiger charge is -2.25. The van der Waals surface area contributed by atoms with Crippen molar-refractivity contribution in [1.82, 2.24) is 10.4 Å². The summed E-state index contributed by atoms with van der Waals surface area (Å²) in [5.74, 6) is 0.346. The van der Waals surface area contributed by atoms with Crippen molar-refractivity contribution in [3.63, 3.8) is 0 Å². The fourth-order valence-electron chi connectivity index (χ4n) is 1.56. The Kier molecular flexibility index (Phi) is 4.00. The molecule has 0 spiro atoms. The van der Waals surface area contributed by atoms with Crippen molar-refractivity contribution in [2.24, 2.45) is 0 Å². The van der Waals surface area contributed by atoms with Crippen LogP contribution in [0.5, 0.6) is 0 Å². The molecule has 98 valence electrons. The summed E-state index contributed by atoms with van der Waals surface area (Å²) in [6.07, 6.45) is -1.02. The molecule has 2 N–H and O–H groups in total. The number of aliphatic hydroxyl groups excluding tert-OH is 1. The maximum Gasteiger partial charge on any atom is 0.429 e. The summed E-state index contributed by atoms with van der Waals surface area (Å²) >= 11 is 0. The topological polar surface area (TPSA) is 71.0 Å². The molecule has 6 heteroatoms. The largest absolute Gasteiger partial charge is 0.495 e. The summed E-state index contributed by atoms with van der Waals surface area (Å²) in [4.78, 5) is 11.9. The number of hydrogen-bond donors (Lipinski definition) is 2. The van der Waals surface area contributed by atoms with Gasteiger partial charge in [-0.2, -0.15) is 5.43 Å². The van der Waals surface area contributed by atoms with Crippen molar-refractivity contribution in [2.75, 3.05) is 7.11 Å². The SMILES string of the molecule is CCC1=C(OC)C(O)NN1C(=O)OC(C)(C)C. The summed E-state index contributed by atoms with van der Waals surface area (Å²) < 4.78 is 10.3. The van der Waals surface area contributed by atoms with Crippen LogP contribution in [0.4, 0.5) is 4.79 Å². The average Bonchev–Trinajstić information content (AvgIpc) is 2.51. The van der Waals surface area contributed by atoms with Crippen LogP contribution in [-0.2, 0) is 9.47 Å². The number of amides is 1. The first-order valence-corrected chi connectivity index (χ1v) is 5.54. The molecule has 0 saturated carbocycles. The highest BCUT2D eigenvalue weighted by atomic mass is 16.6. The predicted octanol–water partition coefficient (Wildman–Crippen LogP) is 1.33. The van der Waals surface area contributed by atoms with E-state index in [1.54, 1.807) is 20.8 Å². The Hall–Kier alpha value is -1.27. The second-order valence-electron chi connectivity index (χ2n) is 4.72. The zero-order valence-electron chi connectivity index (χ0n) is 10.9. The third-order valence-electron chi connectivity index (χ3n) is 2.18. The lowest BCUT2D eigenvalue weighted by Crippen LogP contribution is -2.44. The fraction of sp³-hybridized carbons (Fsp3) is 0.727. The van der Waals surface area contributed by atoms with Gasteiger partial charge < -0.3 is 14.6 Å². The zero-order valence-corrected chi connectivity index (χ0v) is 10.9. The highest BCUT2D eigenvalue weighted by Crippen LogP contribution is 2.24. The third kappa shape index (κ3) is 3.10. The summed E-state index contributed by atoms with van der Waals surface area (Å²) in [7, 11) is 1.45. The number of nitrogens with one attached hydrogen (secondary N) is 1. The van der Waals surface area contributed by atoms with Crippen LogP contribution in [-0.4, -0.2) is 35.1 Å². The number of aliphatic hydroxyl groups is 1. The molecule has 0 fully saturated rings. The number of allylic oxidation sites excluding steroid dienone is 1. The van der Waals surface area contributed by atoms with E-state index in [-0.39, 0.29) is 0 Å². The monoisotopic (exact) mass is 244 g/mol. The molecular formula is C11H20N2O4. The Balaban J connectivity index is 2.86. The van der Waals surface area contributed by atoms with Crippen LogP contribution in [0.15, 0.2) is 11.5 Å². The minimum atomic E-state index is -1.01. The van der Waals surface area contributed by atoms with Crippen molar-refractivity contribution in [3.05, 3.63) is 11.5 Å². The second-order valence-corrected chi connectivity index (χ2v) is 4.72. The summed E-state index contributed by atoms with van der Waals surface area (Å²) in [5.41, 5.74) is 2.59. The van der Waals surface area contributed by atoms with Gasteiger partial charge in [0.05, 0.1) is 12.8 Å². The molecule has 0 aromatic rings. The van der Waals surface area contributed by atoms with Gasteiger partial charge in [-0.3, -0.25) is 0 Å². The van der Waals surface area contributed by atoms with Crippen molar-refractivity contribution < 1.29 is 19.4 Å². The number of methoxy groups -OCH3 is 1. The lowest BCUT2D eigenvalue weighted by molar-refractivity contribution is 0.0109. The fourth-order valence-corrected chi connectivity index (χ4v) is 1.56. The first kappa shape index (κ1) is 13.8. The van der Waals surface area contributed by atoms with E-state index in [1.165, 1.54) is 12.1 Å². The number of rotatable bonds is 2. The molecule has 1 unspecified atom stereocenters. The second kappa shape index (κ2) is 4.93. The molecule has 0 aliphatic carbocycles. The molecule has 0 aromatic heterocycles.